The van der Waals surface area contributed by atoms with Gasteiger partial charge >= 0.3 is 0 Å². The predicted molar refractivity (Wildman–Crippen MR) is 71.7 cm³/mol. The van der Waals surface area contributed by atoms with Crippen LogP contribution in [0.2, 0.25) is 0 Å². The highest BCUT2D eigenvalue weighted by Crippen LogP contribution is 2.13. The molecule has 0 amide bonds. The van der Waals surface area contributed by atoms with Crippen LogP contribution in [0.5, 0.6) is 0 Å². The Kier molecular flexibility index (Phi) is 4.72. The van der Waals surface area contributed by atoms with Gasteiger partial charge < -0.3 is 10.5 Å². The van der Waals surface area contributed by atoms with E-state index in [-0.39, 0.29) is 11.4 Å². The van der Waals surface area contributed by atoms with E-state index in [0.29, 0.717) is 12.3 Å². The summed E-state index contributed by atoms with van der Waals surface area (Å²) < 4.78 is 31.9. The average Bonchev–Trinajstić information content (AvgIpc) is 2.27. The lowest BCUT2D eigenvalue weighted by atomic mass is 10.1. The molecule has 0 saturated carbocycles. The molecule has 5 nitrogen and oxygen atoms in total. The molecule has 1 aromatic carbocycles. The fraction of sp³-hybridized carbons (Fsp3) is 0.500. The summed E-state index contributed by atoms with van der Waals surface area (Å²) in [5.74, 6) is 0. The van der Waals surface area contributed by atoms with Crippen molar-refractivity contribution in [2.75, 3.05) is 18.9 Å². The Morgan fingerprint density at radius 1 is 1.28 bits per heavy atom. The van der Waals surface area contributed by atoms with Gasteiger partial charge in [0.2, 0.25) is 10.0 Å². The Labute approximate surface area is 108 Å². The number of anilines is 1. The maximum atomic E-state index is 12.0. The van der Waals surface area contributed by atoms with Crippen LogP contribution in [-0.2, 0) is 14.8 Å². The second-order valence-electron chi connectivity index (χ2n) is 4.59. The largest absolute Gasteiger partial charge is 0.399 e. The Bertz CT molecular complexity index is 481. The van der Waals surface area contributed by atoms with Crippen molar-refractivity contribution in [3.63, 3.8) is 0 Å². The molecular weight excluding hydrogens is 252 g/mol. The van der Waals surface area contributed by atoms with E-state index in [1.807, 2.05) is 20.8 Å². The van der Waals surface area contributed by atoms with Crippen LogP contribution >= 0.6 is 0 Å². The number of hydrogen-bond donors (Lipinski definition) is 2. The topological polar surface area (TPSA) is 81.4 Å². The van der Waals surface area contributed by atoms with Crippen molar-refractivity contribution in [2.45, 2.75) is 31.3 Å². The van der Waals surface area contributed by atoms with Crippen LogP contribution in [-0.4, -0.2) is 27.2 Å². The molecule has 0 saturated heterocycles. The first kappa shape index (κ1) is 14.9. The second kappa shape index (κ2) is 5.69. The van der Waals surface area contributed by atoms with Gasteiger partial charge in [-0.3, -0.25) is 0 Å². The summed E-state index contributed by atoms with van der Waals surface area (Å²) in [6.07, 6.45) is 0. The van der Waals surface area contributed by atoms with E-state index in [9.17, 15) is 8.42 Å². The highest BCUT2D eigenvalue weighted by atomic mass is 32.2. The zero-order valence-corrected chi connectivity index (χ0v) is 11.8. The third-order valence-electron chi connectivity index (χ3n) is 2.41. The molecule has 1 rings (SSSR count). The van der Waals surface area contributed by atoms with Gasteiger partial charge in [0, 0.05) is 18.8 Å². The molecule has 3 N–H and O–H groups in total. The number of ether oxygens (including phenoxy) is 1. The summed E-state index contributed by atoms with van der Waals surface area (Å²) >= 11 is 0. The molecule has 0 unspecified atom stereocenters. The molecule has 0 bridgehead atoms. The molecule has 1 aromatic rings. The molecule has 0 spiro atoms. The molecule has 0 aromatic heterocycles. The van der Waals surface area contributed by atoms with Crippen LogP contribution in [0.3, 0.4) is 0 Å². The smallest absolute Gasteiger partial charge is 0.240 e. The van der Waals surface area contributed by atoms with Gasteiger partial charge in [-0.15, -0.1) is 0 Å². The van der Waals surface area contributed by atoms with Crippen molar-refractivity contribution in [3.05, 3.63) is 24.3 Å². The highest BCUT2D eigenvalue weighted by molar-refractivity contribution is 7.89. The Morgan fingerprint density at radius 3 is 2.33 bits per heavy atom. The van der Waals surface area contributed by atoms with Crippen LogP contribution in [0.15, 0.2) is 29.2 Å². The van der Waals surface area contributed by atoms with Crippen LogP contribution in [0.1, 0.15) is 20.8 Å². The van der Waals surface area contributed by atoms with Crippen LogP contribution in [0, 0.1) is 0 Å². The van der Waals surface area contributed by atoms with Gasteiger partial charge in [-0.1, -0.05) is 0 Å². The minimum Gasteiger partial charge on any atom is -0.399 e. The molecule has 0 aliphatic heterocycles. The highest BCUT2D eigenvalue weighted by Gasteiger charge is 2.22. The summed E-state index contributed by atoms with van der Waals surface area (Å²) in [4.78, 5) is 0.198. The van der Waals surface area contributed by atoms with Crippen molar-refractivity contribution in [1.29, 1.82) is 0 Å². The molecule has 0 atom stereocenters. The average molecular weight is 272 g/mol. The number of sulfonamides is 1. The third-order valence-corrected chi connectivity index (χ3v) is 3.83. The summed E-state index contributed by atoms with van der Waals surface area (Å²) in [7, 11) is -3.51. The first-order valence-electron chi connectivity index (χ1n) is 5.76. The fourth-order valence-corrected chi connectivity index (χ4v) is 2.64. The monoisotopic (exact) mass is 272 g/mol. The Hall–Kier alpha value is -1.11. The van der Waals surface area contributed by atoms with Gasteiger partial charge in [-0.2, -0.15) is 0 Å². The molecule has 0 aliphatic rings. The number of rotatable bonds is 6. The van der Waals surface area contributed by atoms with Gasteiger partial charge in [-0.05, 0) is 45.0 Å². The minimum absolute atomic E-state index is 0.198. The lowest BCUT2D eigenvalue weighted by Crippen LogP contribution is -2.40. The molecule has 102 valence electrons. The first-order chi connectivity index (χ1) is 8.27. The summed E-state index contributed by atoms with van der Waals surface area (Å²) in [5, 5.41) is 0. The van der Waals surface area contributed by atoms with E-state index >= 15 is 0 Å². The van der Waals surface area contributed by atoms with Crippen LogP contribution in [0.25, 0.3) is 0 Å². The van der Waals surface area contributed by atoms with Gasteiger partial charge in [0.05, 0.1) is 10.5 Å². The van der Waals surface area contributed by atoms with E-state index in [1.165, 1.54) is 12.1 Å². The van der Waals surface area contributed by atoms with E-state index in [1.54, 1.807) is 12.1 Å². The lowest BCUT2D eigenvalue weighted by Gasteiger charge is -2.24. The molecule has 0 fully saturated rings. The maximum absolute atomic E-state index is 12.0. The molecule has 0 radical (unpaired) electrons. The summed E-state index contributed by atoms with van der Waals surface area (Å²) in [6.45, 7) is 6.30. The van der Waals surface area contributed by atoms with Crippen molar-refractivity contribution in [1.82, 2.24) is 4.72 Å². The van der Waals surface area contributed by atoms with Gasteiger partial charge in [0.15, 0.2) is 0 Å². The van der Waals surface area contributed by atoms with Gasteiger partial charge in [0.25, 0.3) is 0 Å². The fourth-order valence-electron chi connectivity index (χ4n) is 1.44. The van der Waals surface area contributed by atoms with Gasteiger partial charge in [0.1, 0.15) is 0 Å². The minimum atomic E-state index is -3.51. The normalized spacial score (nSPS) is 12.6. The maximum Gasteiger partial charge on any atom is 0.240 e. The lowest BCUT2D eigenvalue weighted by molar-refractivity contribution is -0.00515. The third kappa shape index (κ3) is 4.29. The zero-order valence-electron chi connectivity index (χ0n) is 10.9. The quantitative estimate of drug-likeness (QED) is 0.766. The van der Waals surface area contributed by atoms with E-state index < -0.39 is 15.6 Å². The van der Waals surface area contributed by atoms with Crippen LogP contribution in [0.4, 0.5) is 5.69 Å². The molecule has 18 heavy (non-hydrogen) atoms. The van der Waals surface area contributed by atoms with Crippen molar-refractivity contribution in [2.24, 2.45) is 0 Å². The van der Waals surface area contributed by atoms with E-state index in [0.717, 1.165) is 0 Å². The molecule has 0 heterocycles. The van der Waals surface area contributed by atoms with Crippen LogP contribution < -0.4 is 10.5 Å². The van der Waals surface area contributed by atoms with Crippen molar-refractivity contribution < 1.29 is 13.2 Å². The van der Waals surface area contributed by atoms with Crippen molar-refractivity contribution in [3.8, 4) is 0 Å². The molecular formula is C12H20N2O3S. The van der Waals surface area contributed by atoms with Crippen molar-refractivity contribution >= 4 is 15.7 Å². The Morgan fingerprint density at radius 2 is 1.83 bits per heavy atom. The number of nitrogen functional groups attached to an aromatic ring is 1. The SMILES string of the molecule is CCOC(C)(C)CNS(=O)(=O)c1ccc(N)cc1. The summed E-state index contributed by atoms with van der Waals surface area (Å²) in [5.41, 5.74) is 5.52. The van der Waals surface area contributed by atoms with Gasteiger partial charge in [-0.25, -0.2) is 13.1 Å². The number of nitrogens with one attached hydrogen (secondary N) is 1. The molecule has 6 heteroatoms. The standard InChI is InChI=1S/C12H20N2O3S/c1-4-17-12(2,3)9-14-18(15,16)11-7-5-10(13)6-8-11/h5-8,14H,4,9,13H2,1-3H3. The predicted octanol–water partition coefficient (Wildman–Crippen LogP) is 1.36. The number of hydrogen-bond acceptors (Lipinski definition) is 4. The first-order valence-corrected chi connectivity index (χ1v) is 7.24. The number of nitrogens with two attached hydrogens (primary N) is 1. The number of benzene rings is 1. The van der Waals surface area contributed by atoms with E-state index in [2.05, 4.69) is 4.72 Å². The Balaban J connectivity index is 2.74. The second-order valence-corrected chi connectivity index (χ2v) is 6.35. The molecule has 0 aliphatic carbocycles. The summed E-state index contributed by atoms with van der Waals surface area (Å²) in [6, 6.07) is 6.07. The zero-order chi connectivity index (χ0) is 13.8. The van der Waals surface area contributed by atoms with E-state index in [4.69, 9.17) is 10.5 Å².